The second-order valence-corrected chi connectivity index (χ2v) is 9.59. The molecule has 1 aromatic heterocycles. The minimum absolute atomic E-state index is 0.114. The summed E-state index contributed by atoms with van der Waals surface area (Å²) in [5.41, 5.74) is 10.3. The fourth-order valence-corrected chi connectivity index (χ4v) is 4.14. The third kappa shape index (κ3) is 9.86. The Hall–Kier alpha value is -4.24. The van der Waals surface area contributed by atoms with E-state index in [0.29, 0.717) is 31.7 Å². The monoisotopic (exact) mass is 530 g/mol. The molecule has 3 amide bonds. The lowest BCUT2D eigenvalue weighted by Gasteiger charge is -2.21. The van der Waals surface area contributed by atoms with E-state index in [1.54, 1.807) is 13.0 Å². The Bertz CT molecular complexity index is 1250. The summed E-state index contributed by atoms with van der Waals surface area (Å²) in [4.78, 5) is 41.4. The molecule has 0 saturated carbocycles. The van der Waals surface area contributed by atoms with Gasteiger partial charge in [0.1, 0.15) is 11.9 Å². The van der Waals surface area contributed by atoms with Crippen molar-refractivity contribution in [3.63, 3.8) is 0 Å². The molecule has 0 aliphatic rings. The maximum Gasteiger partial charge on any atom is 0.242 e. The number of aromatic nitrogens is 1. The van der Waals surface area contributed by atoms with Gasteiger partial charge in [0.25, 0.3) is 0 Å². The molecule has 0 fully saturated rings. The van der Waals surface area contributed by atoms with Gasteiger partial charge in [-0.1, -0.05) is 48.5 Å². The summed E-state index contributed by atoms with van der Waals surface area (Å²) in [5.74, 6) is -0.184. The normalized spacial score (nSPS) is 12.3. The fraction of sp³-hybridized carbons (Fsp3) is 0.333. The van der Waals surface area contributed by atoms with Crippen LogP contribution in [0.25, 0.3) is 0 Å². The Morgan fingerprint density at radius 3 is 2.26 bits per heavy atom. The van der Waals surface area contributed by atoms with Gasteiger partial charge in [-0.3, -0.25) is 14.4 Å². The van der Waals surface area contributed by atoms with Crippen molar-refractivity contribution in [1.29, 1.82) is 0 Å². The number of nitrogens with two attached hydrogens (primary N) is 1. The maximum absolute atomic E-state index is 13.2. The minimum atomic E-state index is -0.707. The molecule has 1 heterocycles. The maximum atomic E-state index is 13.2. The van der Waals surface area contributed by atoms with Crippen LogP contribution < -0.4 is 27.0 Å². The lowest BCUT2D eigenvalue weighted by Crippen LogP contribution is -2.52. The second-order valence-electron chi connectivity index (χ2n) is 9.59. The molecular formula is C30H38N6O3. The van der Waals surface area contributed by atoms with Crippen molar-refractivity contribution in [3.05, 3.63) is 89.1 Å². The first kappa shape index (κ1) is 29.3. The average molecular weight is 531 g/mol. The van der Waals surface area contributed by atoms with Crippen LogP contribution in [0.4, 0.5) is 11.5 Å². The van der Waals surface area contributed by atoms with Crippen molar-refractivity contribution >= 4 is 29.2 Å². The van der Waals surface area contributed by atoms with Crippen molar-refractivity contribution < 1.29 is 14.4 Å². The predicted molar refractivity (Wildman–Crippen MR) is 154 cm³/mol. The summed E-state index contributed by atoms with van der Waals surface area (Å²) < 4.78 is 0. The van der Waals surface area contributed by atoms with Crippen LogP contribution in [-0.2, 0) is 33.8 Å². The molecule has 206 valence electrons. The molecule has 0 aliphatic carbocycles. The van der Waals surface area contributed by atoms with Gasteiger partial charge in [-0.15, -0.1) is 0 Å². The van der Waals surface area contributed by atoms with Crippen LogP contribution >= 0.6 is 0 Å². The lowest BCUT2D eigenvalue weighted by molar-refractivity contribution is -0.129. The summed E-state index contributed by atoms with van der Waals surface area (Å²) in [5, 5.41) is 11.8. The molecule has 0 radical (unpaired) electrons. The van der Waals surface area contributed by atoms with E-state index in [9.17, 15) is 14.4 Å². The summed E-state index contributed by atoms with van der Waals surface area (Å²) in [7, 11) is 0. The van der Waals surface area contributed by atoms with Crippen LogP contribution in [0.2, 0.25) is 0 Å². The molecule has 0 bridgehead atoms. The number of nitrogen functional groups attached to an aromatic ring is 1. The number of benzene rings is 2. The predicted octanol–water partition coefficient (Wildman–Crippen LogP) is 2.89. The molecule has 0 saturated heterocycles. The largest absolute Gasteiger partial charge is 0.384 e. The Morgan fingerprint density at radius 1 is 0.897 bits per heavy atom. The number of rotatable bonds is 13. The van der Waals surface area contributed by atoms with Gasteiger partial charge in [0.05, 0.1) is 6.04 Å². The van der Waals surface area contributed by atoms with Gasteiger partial charge < -0.3 is 27.0 Å². The van der Waals surface area contributed by atoms with E-state index < -0.39 is 12.1 Å². The number of carbonyl (C=O) groups is 3. The first-order valence-electron chi connectivity index (χ1n) is 13.1. The standard InChI is InChI=1S/C30H38N6O3/c1-20-25(12-16-28(31)34-20)19-33-29(38)21(2)35-30(39)27(15-11-23-7-5-4-6-8-23)32-18-17-24-9-13-26(14-10-24)36-22(3)37/h4-10,12-14,16,21,27,32H,11,15,17-19H2,1-3H3,(H2,31,34)(H,33,38)(H,35,39)(H,36,37)/t21-,27+/m0/s1. The van der Waals surface area contributed by atoms with E-state index in [-0.39, 0.29) is 17.7 Å². The molecule has 3 aromatic rings. The molecule has 2 atom stereocenters. The topological polar surface area (TPSA) is 138 Å². The number of anilines is 2. The zero-order valence-corrected chi connectivity index (χ0v) is 22.8. The Morgan fingerprint density at radius 2 is 1.59 bits per heavy atom. The number of hydrogen-bond acceptors (Lipinski definition) is 6. The molecule has 0 unspecified atom stereocenters. The van der Waals surface area contributed by atoms with Crippen LogP contribution in [0.15, 0.2) is 66.7 Å². The van der Waals surface area contributed by atoms with E-state index in [1.165, 1.54) is 6.92 Å². The fourth-order valence-electron chi connectivity index (χ4n) is 4.14. The first-order chi connectivity index (χ1) is 18.7. The third-order valence-electron chi connectivity index (χ3n) is 6.38. The molecule has 0 aliphatic heterocycles. The number of nitrogens with one attached hydrogen (secondary N) is 4. The number of hydrogen-bond donors (Lipinski definition) is 5. The van der Waals surface area contributed by atoms with Crippen molar-refractivity contribution in [3.8, 4) is 0 Å². The van der Waals surface area contributed by atoms with Crippen molar-refractivity contribution in [2.75, 3.05) is 17.6 Å². The van der Waals surface area contributed by atoms with E-state index >= 15 is 0 Å². The van der Waals surface area contributed by atoms with Crippen LogP contribution in [0.5, 0.6) is 0 Å². The van der Waals surface area contributed by atoms with Gasteiger partial charge in [0.15, 0.2) is 0 Å². The third-order valence-corrected chi connectivity index (χ3v) is 6.38. The number of nitrogens with zero attached hydrogens (tertiary/aromatic N) is 1. The van der Waals surface area contributed by atoms with Gasteiger partial charge in [0, 0.05) is 24.8 Å². The number of carbonyl (C=O) groups excluding carboxylic acids is 3. The number of amides is 3. The van der Waals surface area contributed by atoms with Crippen molar-refractivity contribution in [2.45, 2.75) is 58.7 Å². The van der Waals surface area contributed by atoms with Gasteiger partial charge in [-0.2, -0.15) is 0 Å². The summed E-state index contributed by atoms with van der Waals surface area (Å²) in [6.45, 7) is 5.86. The SMILES string of the molecule is CC(=O)Nc1ccc(CCN[C@H](CCc2ccccc2)C(=O)N[C@@H](C)C(=O)NCc2ccc(N)nc2C)cc1. The number of aryl methyl sites for hydroxylation is 2. The summed E-state index contributed by atoms with van der Waals surface area (Å²) in [6, 6.07) is 20.0. The zero-order valence-electron chi connectivity index (χ0n) is 22.8. The highest BCUT2D eigenvalue weighted by atomic mass is 16.2. The Balaban J connectivity index is 1.55. The van der Waals surface area contributed by atoms with Crippen LogP contribution in [-0.4, -0.2) is 41.3 Å². The Labute approximate surface area is 230 Å². The first-order valence-corrected chi connectivity index (χ1v) is 13.1. The second kappa shape index (κ2) is 14.6. The van der Waals surface area contributed by atoms with Crippen LogP contribution in [0.3, 0.4) is 0 Å². The molecule has 9 heteroatoms. The average Bonchev–Trinajstić information content (AvgIpc) is 2.91. The van der Waals surface area contributed by atoms with E-state index in [2.05, 4.69) is 26.3 Å². The molecule has 39 heavy (non-hydrogen) atoms. The van der Waals surface area contributed by atoms with E-state index in [0.717, 1.165) is 34.5 Å². The summed E-state index contributed by atoms with van der Waals surface area (Å²) >= 11 is 0. The molecule has 3 rings (SSSR count). The Kier molecular flexibility index (Phi) is 11.0. The van der Waals surface area contributed by atoms with Crippen LogP contribution in [0, 0.1) is 6.92 Å². The van der Waals surface area contributed by atoms with Crippen molar-refractivity contribution in [2.24, 2.45) is 0 Å². The highest BCUT2D eigenvalue weighted by Crippen LogP contribution is 2.11. The molecule has 0 spiro atoms. The molecule has 2 aromatic carbocycles. The minimum Gasteiger partial charge on any atom is -0.384 e. The highest BCUT2D eigenvalue weighted by molar-refractivity contribution is 5.89. The summed E-state index contributed by atoms with van der Waals surface area (Å²) in [6.07, 6.45) is 2.02. The van der Waals surface area contributed by atoms with Gasteiger partial charge in [-0.25, -0.2) is 4.98 Å². The lowest BCUT2D eigenvalue weighted by atomic mass is 10.0. The molecular weight excluding hydrogens is 492 g/mol. The smallest absolute Gasteiger partial charge is 0.242 e. The highest BCUT2D eigenvalue weighted by Gasteiger charge is 2.22. The van der Waals surface area contributed by atoms with E-state index in [1.807, 2.05) is 67.6 Å². The van der Waals surface area contributed by atoms with Crippen LogP contribution in [0.1, 0.15) is 42.7 Å². The zero-order chi connectivity index (χ0) is 28.2. The van der Waals surface area contributed by atoms with Gasteiger partial charge in [0.2, 0.25) is 17.7 Å². The molecule has 9 nitrogen and oxygen atoms in total. The van der Waals surface area contributed by atoms with E-state index in [4.69, 9.17) is 5.73 Å². The quantitative estimate of drug-likeness (QED) is 0.230. The van der Waals surface area contributed by atoms with Gasteiger partial charge >= 0.3 is 0 Å². The number of pyridine rings is 1. The van der Waals surface area contributed by atoms with Crippen molar-refractivity contribution in [1.82, 2.24) is 20.9 Å². The molecule has 6 N–H and O–H groups in total. The van der Waals surface area contributed by atoms with Gasteiger partial charge in [-0.05, 0) is 74.5 Å².